The Hall–Kier alpha value is -1.10. The van der Waals surface area contributed by atoms with E-state index in [1.54, 1.807) is 0 Å². The first kappa shape index (κ1) is 13.3. The Morgan fingerprint density at radius 3 is 2.89 bits per heavy atom. The van der Waals surface area contributed by atoms with E-state index >= 15 is 0 Å². The van der Waals surface area contributed by atoms with E-state index in [1.807, 2.05) is 24.0 Å². The number of hydrogen-bond donors (Lipinski definition) is 2. The summed E-state index contributed by atoms with van der Waals surface area (Å²) in [7, 11) is 1.97. The summed E-state index contributed by atoms with van der Waals surface area (Å²) in [5.74, 6) is 0. The molecule has 0 saturated heterocycles. The molecule has 2 rings (SSSR count). The lowest BCUT2D eigenvalue weighted by Gasteiger charge is -2.24. The van der Waals surface area contributed by atoms with Gasteiger partial charge < -0.3 is 10.6 Å². The lowest BCUT2D eigenvalue weighted by Crippen LogP contribution is -2.43. The fraction of sp³-hybridized carbons (Fsp3) is 0.692. The molecule has 4 nitrogen and oxygen atoms in total. The van der Waals surface area contributed by atoms with E-state index in [9.17, 15) is 0 Å². The zero-order chi connectivity index (χ0) is 12.8. The second-order valence-corrected chi connectivity index (χ2v) is 5.34. The monoisotopic (exact) mass is 266 g/mol. The lowest BCUT2D eigenvalue weighted by molar-refractivity contribution is 0.412. The number of aromatic nitrogens is 2. The van der Waals surface area contributed by atoms with Crippen molar-refractivity contribution in [2.75, 3.05) is 6.54 Å². The van der Waals surface area contributed by atoms with Crippen LogP contribution in [0, 0.1) is 0 Å². The van der Waals surface area contributed by atoms with Crippen LogP contribution >= 0.6 is 12.2 Å². The normalized spacial score (nSPS) is 16.5. The SMILES string of the molecule is Cn1nccc1CCNC(=S)NC1CCCCC1. The first-order chi connectivity index (χ1) is 8.75. The van der Waals surface area contributed by atoms with Crippen LogP contribution < -0.4 is 10.6 Å². The van der Waals surface area contributed by atoms with Gasteiger partial charge in [0.1, 0.15) is 0 Å². The van der Waals surface area contributed by atoms with Crippen molar-refractivity contribution in [2.45, 2.75) is 44.6 Å². The molecule has 5 heteroatoms. The van der Waals surface area contributed by atoms with E-state index in [1.165, 1.54) is 37.8 Å². The predicted octanol–water partition coefficient (Wildman–Crippen LogP) is 1.76. The maximum atomic E-state index is 5.32. The molecule has 0 spiro atoms. The molecule has 0 aromatic carbocycles. The van der Waals surface area contributed by atoms with Gasteiger partial charge in [-0.2, -0.15) is 5.10 Å². The van der Waals surface area contributed by atoms with E-state index in [-0.39, 0.29) is 0 Å². The van der Waals surface area contributed by atoms with Crippen molar-refractivity contribution in [3.05, 3.63) is 18.0 Å². The third-order valence-corrected chi connectivity index (χ3v) is 3.79. The van der Waals surface area contributed by atoms with Crippen molar-refractivity contribution in [1.82, 2.24) is 20.4 Å². The number of aryl methyl sites for hydroxylation is 1. The van der Waals surface area contributed by atoms with Crippen LogP contribution in [-0.4, -0.2) is 27.5 Å². The highest BCUT2D eigenvalue weighted by molar-refractivity contribution is 7.80. The summed E-state index contributed by atoms with van der Waals surface area (Å²) in [5.41, 5.74) is 1.22. The molecule has 18 heavy (non-hydrogen) atoms. The van der Waals surface area contributed by atoms with Crippen LogP contribution in [0.4, 0.5) is 0 Å². The Labute approximate surface area is 114 Å². The smallest absolute Gasteiger partial charge is 0.166 e. The molecule has 1 fully saturated rings. The van der Waals surface area contributed by atoms with Gasteiger partial charge in [-0.15, -0.1) is 0 Å². The molecular weight excluding hydrogens is 244 g/mol. The second-order valence-electron chi connectivity index (χ2n) is 4.93. The highest BCUT2D eigenvalue weighted by atomic mass is 32.1. The van der Waals surface area contributed by atoms with Crippen LogP contribution in [0.2, 0.25) is 0 Å². The van der Waals surface area contributed by atoms with E-state index in [4.69, 9.17) is 12.2 Å². The summed E-state index contributed by atoms with van der Waals surface area (Å²) < 4.78 is 1.90. The summed E-state index contributed by atoms with van der Waals surface area (Å²) in [6, 6.07) is 2.62. The van der Waals surface area contributed by atoms with Crippen molar-refractivity contribution < 1.29 is 0 Å². The van der Waals surface area contributed by atoms with Gasteiger partial charge >= 0.3 is 0 Å². The van der Waals surface area contributed by atoms with Gasteiger partial charge in [-0.3, -0.25) is 4.68 Å². The summed E-state index contributed by atoms with van der Waals surface area (Å²) in [4.78, 5) is 0. The molecule has 0 amide bonds. The van der Waals surface area contributed by atoms with Gasteiger partial charge in [-0.05, 0) is 31.1 Å². The van der Waals surface area contributed by atoms with E-state index in [0.29, 0.717) is 6.04 Å². The third kappa shape index (κ3) is 3.98. The molecule has 1 saturated carbocycles. The average Bonchev–Trinajstić information content (AvgIpc) is 2.76. The summed E-state index contributed by atoms with van der Waals surface area (Å²) in [5, 5.41) is 11.6. The molecule has 1 aliphatic carbocycles. The van der Waals surface area contributed by atoms with E-state index < -0.39 is 0 Å². The zero-order valence-corrected chi connectivity index (χ0v) is 11.8. The molecule has 1 aromatic heterocycles. The van der Waals surface area contributed by atoms with E-state index in [2.05, 4.69) is 15.7 Å². The van der Waals surface area contributed by atoms with Crippen molar-refractivity contribution in [3.63, 3.8) is 0 Å². The van der Waals surface area contributed by atoms with Gasteiger partial charge in [0.05, 0.1) is 0 Å². The minimum Gasteiger partial charge on any atom is -0.362 e. The van der Waals surface area contributed by atoms with E-state index in [0.717, 1.165) is 18.1 Å². The quantitative estimate of drug-likeness (QED) is 0.815. The van der Waals surface area contributed by atoms with Crippen molar-refractivity contribution >= 4 is 17.3 Å². The second kappa shape index (κ2) is 6.73. The Bertz CT molecular complexity index is 382. The minimum atomic E-state index is 0.579. The van der Waals surface area contributed by atoms with Crippen LogP contribution in [-0.2, 0) is 13.5 Å². The Balaban J connectivity index is 1.64. The fourth-order valence-corrected chi connectivity index (χ4v) is 2.70. The molecule has 0 atom stereocenters. The topological polar surface area (TPSA) is 41.9 Å². The molecule has 100 valence electrons. The minimum absolute atomic E-state index is 0.579. The van der Waals surface area contributed by atoms with Crippen LogP contribution in [0.5, 0.6) is 0 Å². The van der Waals surface area contributed by atoms with Gasteiger partial charge in [0.25, 0.3) is 0 Å². The first-order valence-corrected chi connectivity index (χ1v) is 7.18. The van der Waals surface area contributed by atoms with Gasteiger partial charge in [0.2, 0.25) is 0 Å². The molecular formula is C13H22N4S. The van der Waals surface area contributed by atoms with Gasteiger partial charge in [0, 0.05) is 37.9 Å². The molecule has 0 unspecified atom stereocenters. The standard InChI is InChI=1S/C13H22N4S/c1-17-12(8-10-15-17)7-9-14-13(18)16-11-5-3-2-4-6-11/h8,10-11H,2-7,9H2,1H3,(H2,14,16,18). The summed E-state index contributed by atoms with van der Waals surface area (Å²) in [6.07, 6.45) is 9.31. The summed E-state index contributed by atoms with van der Waals surface area (Å²) >= 11 is 5.32. The van der Waals surface area contributed by atoms with Crippen LogP contribution in [0.1, 0.15) is 37.8 Å². The van der Waals surface area contributed by atoms with Crippen molar-refractivity contribution in [3.8, 4) is 0 Å². The number of hydrogen-bond acceptors (Lipinski definition) is 2. The van der Waals surface area contributed by atoms with Crippen molar-refractivity contribution in [2.24, 2.45) is 7.05 Å². The largest absolute Gasteiger partial charge is 0.362 e. The van der Waals surface area contributed by atoms with Gasteiger partial charge in [-0.25, -0.2) is 0 Å². The maximum absolute atomic E-state index is 5.32. The fourth-order valence-electron chi connectivity index (χ4n) is 2.43. The third-order valence-electron chi connectivity index (χ3n) is 3.53. The van der Waals surface area contributed by atoms with Gasteiger partial charge in [0.15, 0.2) is 5.11 Å². The molecule has 0 bridgehead atoms. The van der Waals surface area contributed by atoms with Gasteiger partial charge in [-0.1, -0.05) is 19.3 Å². The molecule has 1 aromatic rings. The highest BCUT2D eigenvalue weighted by Gasteiger charge is 2.13. The van der Waals surface area contributed by atoms with Crippen LogP contribution in [0.15, 0.2) is 12.3 Å². The van der Waals surface area contributed by atoms with Crippen molar-refractivity contribution in [1.29, 1.82) is 0 Å². The lowest BCUT2D eigenvalue weighted by atomic mass is 9.96. The Morgan fingerprint density at radius 1 is 1.44 bits per heavy atom. The highest BCUT2D eigenvalue weighted by Crippen LogP contribution is 2.17. The average molecular weight is 266 g/mol. The first-order valence-electron chi connectivity index (χ1n) is 6.77. The predicted molar refractivity (Wildman–Crippen MR) is 77.5 cm³/mol. The zero-order valence-electron chi connectivity index (χ0n) is 11.0. The molecule has 0 aliphatic heterocycles. The number of nitrogens with one attached hydrogen (secondary N) is 2. The number of nitrogens with zero attached hydrogens (tertiary/aromatic N) is 2. The molecule has 1 heterocycles. The van der Waals surface area contributed by atoms with Crippen LogP contribution in [0.3, 0.4) is 0 Å². The molecule has 2 N–H and O–H groups in total. The Kier molecular flexibility index (Phi) is 4.99. The number of thiocarbonyl (C=S) groups is 1. The van der Waals surface area contributed by atoms with Crippen LogP contribution in [0.25, 0.3) is 0 Å². The molecule has 0 radical (unpaired) electrons. The Morgan fingerprint density at radius 2 is 2.22 bits per heavy atom. The maximum Gasteiger partial charge on any atom is 0.166 e. The number of rotatable bonds is 4. The summed E-state index contributed by atoms with van der Waals surface area (Å²) in [6.45, 7) is 0.859. The molecule has 1 aliphatic rings.